The van der Waals surface area contributed by atoms with Crippen molar-refractivity contribution in [2.45, 2.75) is 6.54 Å². The van der Waals surface area contributed by atoms with E-state index in [1.807, 2.05) is 24.3 Å². The second-order valence-electron chi connectivity index (χ2n) is 5.26. The highest BCUT2D eigenvalue weighted by Crippen LogP contribution is 2.16. The van der Waals surface area contributed by atoms with Crippen molar-refractivity contribution in [1.82, 2.24) is 4.57 Å². The van der Waals surface area contributed by atoms with E-state index < -0.39 is 0 Å². The van der Waals surface area contributed by atoms with Crippen molar-refractivity contribution >= 4 is 28.3 Å². The van der Waals surface area contributed by atoms with Gasteiger partial charge >= 0.3 is 0 Å². The smallest absolute Gasteiger partial charge is 0.251 e. The second kappa shape index (κ2) is 6.23. The number of fused-ring (bicyclic) bond motifs is 1. The number of ketones is 1. The van der Waals surface area contributed by atoms with Gasteiger partial charge in [-0.1, -0.05) is 36.4 Å². The molecule has 2 aromatic carbocycles. The lowest BCUT2D eigenvalue weighted by atomic mass is 10.0. The van der Waals surface area contributed by atoms with Crippen LogP contribution >= 0.6 is 11.6 Å². The van der Waals surface area contributed by atoms with Gasteiger partial charge in [-0.15, -0.1) is 0 Å². The van der Waals surface area contributed by atoms with Gasteiger partial charge in [-0.2, -0.15) is 0 Å². The number of carbonyl (C=O) groups excluding carboxylic acids is 1. The lowest BCUT2D eigenvalue weighted by Crippen LogP contribution is -2.22. The van der Waals surface area contributed by atoms with Crippen LogP contribution in [0.25, 0.3) is 10.9 Å². The van der Waals surface area contributed by atoms with Crippen LogP contribution in [-0.2, 0) is 6.54 Å². The third-order valence-electron chi connectivity index (χ3n) is 3.68. The second-order valence-corrected chi connectivity index (χ2v) is 5.69. The van der Waals surface area contributed by atoms with Crippen molar-refractivity contribution in [2.24, 2.45) is 0 Å². The van der Waals surface area contributed by atoms with Crippen molar-refractivity contribution in [2.75, 3.05) is 0 Å². The third-order valence-corrected chi connectivity index (χ3v) is 3.93. The number of carbonyl (C=O) groups is 1. The lowest BCUT2D eigenvalue weighted by Gasteiger charge is -2.11. The van der Waals surface area contributed by atoms with Gasteiger partial charge in [0.1, 0.15) is 0 Å². The Balaban J connectivity index is 1.94. The SMILES string of the molecule is C=C(Cn1c(=O)ccc2ccccc21)C(=O)c1ccc(Cl)cc1. The fourth-order valence-corrected chi connectivity index (χ4v) is 2.60. The minimum Gasteiger partial charge on any atom is -0.304 e. The molecule has 0 fully saturated rings. The predicted molar refractivity (Wildman–Crippen MR) is 93.1 cm³/mol. The molecule has 3 aromatic rings. The molecule has 0 atom stereocenters. The summed E-state index contributed by atoms with van der Waals surface area (Å²) in [7, 11) is 0. The van der Waals surface area contributed by atoms with Crippen LogP contribution in [0.3, 0.4) is 0 Å². The van der Waals surface area contributed by atoms with E-state index in [-0.39, 0.29) is 17.9 Å². The monoisotopic (exact) mass is 323 g/mol. The molecule has 0 aliphatic carbocycles. The van der Waals surface area contributed by atoms with Crippen molar-refractivity contribution in [1.29, 1.82) is 0 Å². The zero-order valence-electron chi connectivity index (χ0n) is 12.3. The maximum Gasteiger partial charge on any atom is 0.251 e. The third kappa shape index (κ3) is 3.10. The molecular formula is C19H14ClNO2. The first kappa shape index (κ1) is 15.3. The topological polar surface area (TPSA) is 39.1 Å². The van der Waals surface area contributed by atoms with E-state index in [1.54, 1.807) is 34.9 Å². The van der Waals surface area contributed by atoms with E-state index in [2.05, 4.69) is 6.58 Å². The van der Waals surface area contributed by atoms with Crippen LogP contribution in [0.5, 0.6) is 0 Å². The van der Waals surface area contributed by atoms with E-state index in [0.29, 0.717) is 16.2 Å². The van der Waals surface area contributed by atoms with Crippen LogP contribution < -0.4 is 5.56 Å². The number of hydrogen-bond acceptors (Lipinski definition) is 2. The molecule has 23 heavy (non-hydrogen) atoms. The minimum absolute atomic E-state index is 0.154. The van der Waals surface area contributed by atoms with Crippen LogP contribution in [-0.4, -0.2) is 10.4 Å². The van der Waals surface area contributed by atoms with Gasteiger partial charge in [0, 0.05) is 22.2 Å². The number of aromatic nitrogens is 1. The lowest BCUT2D eigenvalue weighted by molar-refractivity contribution is 0.103. The zero-order valence-corrected chi connectivity index (χ0v) is 13.1. The highest BCUT2D eigenvalue weighted by Gasteiger charge is 2.12. The number of benzene rings is 2. The van der Waals surface area contributed by atoms with Crippen LogP contribution in [0.2, 0.25) is 5.02 Å². The molecule has 0 bridgehead atoms. The number of rotatable bonds is 4. The molecule has 3 nitrogen and oxygen atoms in total. The van der Waals surface area contributed by atoms with Gasteiger partial charge in [-0.25, -0.2) is 0 Å². The standard InChI is InChI=1S/C19H14ClNO2/c1-13(19(23)15-6-9-16(20)10-7-15)12-21-17-5-3-2-4-14(17)8-11-18(21)22/h2-11H,1,12H2. The Morgan fingerprint density at radius 2 is 1.70 bits per heavy atom. The molecule has 0 N–H and O–H groups in total. The van der Waals surface area contributed by atoms with Crippen LogP contribution in [0.15, 0.2) is 77.6 Å². The van der Waals surface area contributed by atoms with Gasteiger partial charge in [-0.3, -0.25) is 9.59 Å². The molecule has 0 unspecified atom stereocenters. The zero-order chi connectivity index (χ0) is 16.4. The molecule has 114 valence electrons. The van der Waals surface area contributed by atoms with Gasteiger partial charge in [-0.05, 0) is 41.8 Å². The molecule has 0 aliphatic heterocycles. The Morgan fingerprint density at radius 1 is 1.00 bits per heavy atom. The normalized spacial score (nSPS) is 10.7. The summed E-state index contributed by atoms with van der Waals surface area (Å²) in [5.41, 5.74) is 1.48. The number of nitrogens with zero attached hydrogens (tertiary/aromatic N) is 1. The van der Waals surface area contributed by atoms with Crippen LogP contribution in [0.1, 0.15) is 10.4 Å². The molecule has 0 saturated carbocycles. The molecule has 0 saturated heterocycles. The van der Waals surface area contributed by atoms with Gasteiger partial charge in [0.05, 0.1) is 12.1 Å². The summed E-state index contributed by atoms with van der Waals surface area (Å²) < 4.78 is 1.56. The van der Waals surface area contributed by atoms with Crippen molar-refractivity contribution < 1.29 is 4.79 Å². The van der Waals surface area contributed by atoms with E-state index in [0.717, 1.165) is 10.9 Å². The summed E-state index contributed by atoms with van der Waals surface area (Å²) in [6, 6.07) is 17.5. The molecular weight excluding hydrogens is 310 g/mol. The maximum absolute atomic E-state index is 12.4. The van der Waals surface area contributed by atoms with Crippen LogP contribution in [0, 0.1) is 0 Å². The Labute approximate surface area is 138 Å². The predicted octanol–water partition coefficient (Wildman–Crippen LogP) is 4.09. The summed E-state index contributed by atoms with van der Waals surface area (Å²) in [4.78, 5) is 24.6. The molecule has 0 radical (unpaired) electrons. The highest BCUT2D eigenvalue weighted by atomic mass is 35.5. The van der Waals surface area contributed by atoms with Gasteiger partial charge in [0.25, 0.3) is 5.56 Å². The Kier molecular flexibility index (Phi) is 4.13. The first-order valence-electron chi connectivity index (χ1n) is 7.13. The maximum atomic E-state index is 12.4. The quantitative estimate of drug-likeness (QED) is 0.536. The fourth-order valence-electron chi connectivity index (χ4n) is 2.48. The molecule has 0 aliphatic rings. The molecule has 0 amide bonds. The summed E-state index contributed by atoms with van der Waals surface area (Å²) in [6.45, 7) is 4.01. The average molecular weight is 324 g/mol. The Hall–Kier alpha value is -2.65. The Morgan fingerprint density at radius 3 is 2.43 bits per heavy atom. The molecule has 4 heteroatoms. The number of Topliss-reactive ketones (excluding diaryl/α,β-unsaturated/α-hetero) is 1. The number of hydrogen-bond donors (Lipinski definition) is 0. The molecule has 1 heterocycles. The highest BCUT2D eigenvalue weighted by molar-refractivity contribution is 6.30. The van der Waals surface area contributed by atoms with Crippen LogP contribution in [0.4, 0.5) is 0 Å². The number of pyridine rings is 1. The minimum atomic E-state index is -0.193. The van der Waals surface area contributed by atoms with E-state index >= 15 is 0 Å². The number of allylic oxidation sites excluding steroid dienone is 1. The number of para-hydroxylation sites is 1. The first-order chi connectivity index (χ1) is 11.1. The molecule has 0 spiro atoms. The number of halogens is 1. The fraction of sp³-hybridized carbons (Fsp3) is 0.0526. The van der Waals surface area contributed by atoms with E-state index in [1.165, 1.54) is 6.07 Å². The van der Waals surface area contributed by atoms with Crippen molar-refractivity contribution in [3.63, 3.8) is 0 Å². The van der Waals surface area contributed by atoms with Gasteiger partial charge < -0.3 is 4.57 Å². The largest absolute Gasteiger partial charge is 0.304 e. The first-order valence-corrected chi connectivity index (χ1v) is 7.51. The summed E-state index contributed by atoms with van der Waals surface area (Å²) in [5.74, 6) is -0.193. The van der Waals surface area contributed by atoms with Crippen molar-refractivity contribution in [3.8, 4) is 0 Å². The summed E-state index contributed by atoms with van der Waals surface area (Å²) in [5, 5.41) is 1.51. The van der Waals surface area contributed by atoms with Gasteiger partial charge in [0.2, 0.25) is 0 Å². The average Bonchev–Trinajstić information content (AvgIpc) is 2.57. The van der Waals surface area contributed by atoms with E-state index in [9.17, 15) is 9.59 Å². The summed E-state index contributed by atoms with van der Waals surface area (Å²) in [6.07, 6.45) is 0. The Bertz CT molecular complexity index is 955. The van der Waals surface area contributed by atoms with E-state index in [4.69, 9.17) is 11.6 Å². The van der Waals surface area contributed by atoms with Gasteiger partial charge in [0.15, 0.2) is 5.78 Å². The molecule has 1 aromatic heterocycles. The summed E-state index contributed by atoms with van der Waals surface area (Å²) >= 11 is 5.83. The van der Waals surface area contributed by atoms with Crippen molar-refractivity contribution in [3.05, 3.63) is 93.8 Å². The molecule has 3 rings (SSSR count).